The highest BCUT2D eigenvalue weighted by atomic mass is 35.5. The number of carbonyl (C=O) groups excluding carboxylic acids is 1. The first-order chi connectivity index (χ1) is 9.63. The van der Waals surface area contributed by atoms with Crippen molar-refractivity contribution in [3.63, 3.8) is 0 Å². The summed E-state index contributed by atoms with van der Waals surface area (Å²) in [5.41, 5.74) is 0.372. The molecule has 1 unspecified atom stereocenters. The molecule has 1 atom stereocenters. The van der Waals surface area contributed by atoms with E-state index in [1.165, 1.54) is 38.5 Å². The second-order valence-electron chi connectivity index (χ2n) is 7.21. The lowest BCUT2D eigenvalue weighted by Gasteiger charge is -2.41. The smallest absolute Gasteiger partial charge is 0.222 e. The first-order valence-electron chi connectivity index (χ1n) is 8.61. The lowest BCUT2D eigenvalue weighted by Crippen LogP contribution is -2.45. The zero-order valence-electron chi connectivity index (χ0n) is 13.8. The van der Waals surface area contributed by atoms with E-state index in [1.807, 2.05) is 0 Å². The van der Waals surface area contributed by atoms with Gasteiger partial charge in [-0.2, -0.15) is 0 Å². The molecule has 4 heteroatoms. The van der Waals surface area contributed by atoms with Crippen LogP contribution in [0.2, 0.25) is 0 Å². The molecule has 0 aliphatic carbocycles. The van der Waals surface area contributed by atoms with Crippen molar-refractivity contribution in [1.29, 1.82) is 0 Å². The summed E-state index contributed by atoms with van der Waals surface area (Å²) in [7, 11) is 0. The number of rotatable bonds is 5. The molecule has 124 valence electrons. The molecule has 0 aromatic heterocycles. The van der Waals surface area contributed by atoms with Crippen molar-refractivity contribution in [3.05, 3.63) is 0 Å². The summed E-state index contributed by atoms with van der Waals surface area (Å²) in [5.74, 6) is 1.18. The van der Waals surface area contributed by atoms with E-state index in [0.717, 1.165) is 44.9 Å². The van der Waals surface area contributed by atoms with E-state index in [1.54, 1.807) is 0 Å². The van der Waals surface area contributed by atoms with Crippen LogP contribution >= 0.6 is 12.4 Å². The summed E-state index contributed by atoms with van der Waals surface area (Å²) in [6.07, 6.45) is 9.34. The lowest BCUT2D eigenvalue weighted by atomic mass is 9.78. The molecule has 0 radical (unpaired) electrons. The molecule has 0 bridgehead atoms. The maximum Gasteiger partial charge on any atom is 0.222 e. The van der Waals surface area contributed by atoms with E-state index in [4.69, 9.17) is 0 Å². The number of likely N-dealkylation sites (tertiary alicyclic amines) is 1. The molecular formula is C17H33ClN2O. The van der Waals surface area contributed by atoms with Crippen LogP contribution in [0.3, 0.4) is 0 Å². The minimum absolute atomic E-state index is 0. The maximum atomic E-state index is 12.4. The molecule has 2 aliphatic rings. The van der Waals surface area contributed by atoms with Gasteiger partial charge in [-0.1, -0.05) is 20.3 Å². The van der Waals surface area contributed by atoms with Crippen molar-refractivity contribution < 1.29 is 4.79 Å². The van der Waals surface area contributed by atoms with Gasteiger partial charge in [0.15, 0.2) is 0 Å². The van der Waals surface area contributed by atoms with E-state index in [9.17, 15) is 4.79 Å². The maximum absolute atomic E-state index is 12.4. The van der Waals surface area contributed by atoms with Crippen LogP contribution < -0.4 is 5.32 Å². The minimum atomic E-state index is 0. The Morgan fingerprint density at radius 1 is 1.33 bits per heavy atom. The topological polar surface area (TPSA) is 32.3 Å². The summed E-state index contributed by atoms with van der Waals surface area (Å²) in [6.45, 7) is 8.87. The number of piperidine rings is 2. The third-order valence-electron chi connectivity index (χ3n) is 5.21. The van der Waals surface area contributed by atoms with Crippen LogP contribution in [-0.2, 0) is 4.79 Å². The van der Waals surface area contributed by atoms with E-state index >= 15 is 0 Å². The molecule has 21 heavy (non-hydrogen) atoms. The Kier molecular flexibility index (Phi) is 8.04. The van der Waals surface area contributed by atoms with Gasteiger partial charge in [0.05, 0.1) is 0 Å². The fourth-order valence-corrected chi connectivity index (χ4v) is 3.99. The van der Waals surface area contributed by atoms with Gasteiger partial charge >= 0.3 is 0 Å². The van der Waals surface area contributed by atoms with Crippen LogP contribution in [0.5, 0.6) is 0 Å². The largest absolute Gasteiger partial charge is 0.342 e. The molecule has 0 aromatic rings. The van der Waals surface area contributed by atoms with Crippen LogP contribution in [0.15, 0.2) is 0 Å². The number of carbonyl (C=O) groups is 1. The van der Waals surface area contributed by atoms with Crippen molar-refractivity contribution in [2.45, 2.75) is 65.2 Å². The highest BCUT2D eigenvalue weighted by Crippen LogP contribution is 2.34. The standard InChI is InChI=1S/C17H32N2O.ClH/c1-3-9-17(2)10-4-13-19(14-17)16(20)6-5-15-7-11-18-12-8-15;/h15,18H,3-14H2,1-2H3;1H. The predicted octanol–water partition coefficient (Wildman–Crippen LogP) is 3.62. The highest BCUT2D eigenvalue weighted by molar-refractivity contribution is 5.85. The Bertz CT molecular complexity index is 314. The van der Waals surface area contributed by atoms with Crippen molar-refractivity contribution in [2.75, 3.05) is 26.2 Å². The van der Waals surface area contributed by atoms with E-state index in [2.05, 4.69) is 24.1 Å². The first-order valence-corrected chi connectivity index (χ1v) is 8.61. The van der Waals surface area contributed by atoms with Gasteiger partial charge in [-0.15, -0.1) is 12.4 Å². The molecule has 1 amide bonds. The van der Waals surface area contributed by atoms with Gasteiger partial charge in [-0.3, -0.25) is 4.79 Å². The molecule has 2 fully saturated rings. The SMILES string of the molecule is CCCC1(C)CCCN(C(=O)CCC2CCNCC2)C1.Cl. The Morgan fingerprint density at radius 2 is 2.05 bits per heavy atom. The number of hydrogen-bond donors (Lipinski definition) is 1. The minimum Gasteiger partial charge on any atom is -0.342 e. The molecular weight excluding hydrogens is 284 g/mol. The van der Waals surface area contributed by atoms with Crippen LogP contribution in [0.4, 0.5) is 0 Å². The summed E-state index contributed by atoms with van der Waals surface area (Å²) >= 11 is 0. The van der Waals surface area contributed by atoms with Gasteiger partial charge in [-0.25, -0.2) is 0 Å². The zero-order chi connectivity index (χ0) is 14.4. The number of amides is 1. The van der Waals surface area contributed by atoms with Crippen molar-refractivity contribution in [2.24, 2.45) is 11.3 Å². The van der Waals surface area contributed by atoms with Gasteiger partial charge in [0.1, 0.15) is 0 Å². The van der Waals surface area contributed by atoms with Gasteiger partial charge in [0, 0.05) is 19.5 Å². The third kappa shape index (κ3) is 5.78. The summed E-state index contributed by atoms with van der Waals surface area (Å²) in [4.78, 5) is 14.6. The van der Waals surface area contributed by atoms with Crippen LogP contribution in [-0.4, -0.2) is 37.0 Å². The fraction of sp³-hybridized carbons (Fsp3) is 0.941. The summed E-state index contributed by atoms with van der Waals surface area (Å²) < 4.78 is 0. The number of halogens is 1. The molecule has 3 nitrogen and oxygen atoms in total. The van der Waals surface area contributed by atoms with Gasteiger partial charge in [-0.05, 0) is 62.9 Å². The second-order valence-corrected chi connectivity index (χ2v) is 7.21. The fourth-order valence-electron chi connectivity index (χ4n) is 3.99. The molecule has 1 N–H and O–H groups in total. The van der Waals surface area contributed by atoms with Gasteiger partial charge in [0.25, 0.3) is 0 Å². The van der Waals surface area contributed by atoms with Crippen LogP contribution in [0, 0.1) is 11.3 Å². The monoisotopic (exact) mass is 316 g/mol. The Labute approximate surface area is 136 Å². The molecule has 2 aliphatic heterocycles. The lowest BCUT2D eigenvalue weighted by molar-refractivity contribution is -0.135. The molecule has 2 saturated heterocycles. The number of hydrogen-bond acceptors (Lipinski definition) is 2. The average molecular weight is 317 g/mol. The predicted molar refractivity (Wildman–Crippen MR) is 90.9 cm³/mol. The van der Waals surface area contributed by atoms with E-state index in [-0.39, 0.29) is 12.4 Å². The normalized spacial score (nSPS) is 27.2. The number of nitrogens with zero attached hydrogens (tertiary/aromatic N) is 1. The van der Waals surface area contributed by atoms with Crippen LogP contribution in [0.25, 0.3) is 0 Å². The average Bonchev–Trinajstić information content (AvgIpc) is 2.46. The van der Waals surface area contributed by atoms with Crippen molar-refractivity contribution in [1.82, 2.24) is 10.2 Å². The highest BCUT2D eigenvalue weighted by Gasteiger charge is 2.32. The first kappa shape index (κ1) is 18.8. The third-order valence-corrected chi connectivity index (χ3v) is 5.21. The van der Waals surface area contributed by atoms with E-state index < -0.39 is 0 Å². The summed E-state index contributed by atoms with van der Waals surface area (Å²) in [5, 5.41) is 3.40. The van der Waals surface area contributed by atoms with Crippen LogP contribution in [0.1, 0.15) is 65.2 Å². The molecule has 0 saturated carbocycles. The quantitative estimate of drug-likeness (QED) is 0.840. The molecule has 2 heterocycles. The molecule has 0 aromatic carbocycles. The Hall–Kier alpha value is -0.280. The van der Waals surface area contributed by atoms with Crippen molar-refractivity contribution in [3.8, 4) is 0 Å². The Balaban J connectivity index is 0.00000220. The second kappa shape index (κ2) is 8.99. The Morgan fingerprint density at radius 3 is 2.71 bits per heavy atom. The van der Waals surface area contributed by atoms with Gasteiger partial charge in [0.2, 0.25) is 5.91 Å². The van der Waals surface area contributed by atoms with E-state index in [0.29, 0.717) is 11.3 Å². The zero-order valence-corrected chi connectivity index (χ0v) is 14.6. The molecule has 2 rings (SSSR count). The number of nitrogens with one attached hydrogen (secondary N) is 1. The van der Waals surface area contributed by atoms with Crippen molar-refractivity contribution >= 4 is 18.3 Å². The molecule has 0 spiro atoms. The summed E-state index contributed by atoms with van der Waals surface area (Å²) in [6, 6.07) is 0. The van der Waals surface area contributed by atoms with Gasteiger partial charge < -0.3 is 10.2 Å².